The summed E-state index contributed by atoms with van der Waals surface area (Å²) in [5, 5.41) is 5.02. The Bertz CT molecular complexity index is 636. The highest BCUT2D eigenvalue weighted by Crippen LogP contribution is 2.10. The van der Waals surface area contributed by atoms with E-state index in [9.17, 15) is 18.8 Å². The predicted octanol–water partition coefficient (Wildman–Crippen LogP) is 1.27. The second kappa shape index (κ2) is 10.5. The van der Waals surface area contributed by atoms with E-state index in [1.807, 2.05) is 0 Å². The van der Waals surface area contributed by atoms with Crippen molar-refractivity contribution >= 4 is 17.8 Å². The van der Waals surface area contributed by atoms with Gasteiger partial charge in [0.25, 0.3) is 11.8 Å². The molecule has 0 aliphatic heterocycles. The van der Waals surface area contributed by atoms with Gasteiger partial charge >= 0.3 is 5.97 Å². The Morgan fingerprint density at radius 2 is 1.81 bits per heavy atom. The van der Waals surface area contributed by atoms with Crippen LogP contribution in [0.25, 0.3) is 0 Å². The molecule has 0 aromatic heterocycles. The summed E-state index contributed by atoms with van der Waals surface area (Å²) >= 11 is 0. The normalized spacial score (nSPS) is 13.0. The van der Waals surface area contributed by atoms with Gasteiger partial charge < -0.3 is 20.1 Å². The number of benzene rings is 1. The highest BCUT2D eigenvalue weighted by atomic mass is 19.1. The Balaban J connectivity index is 2.71. The molecule has 8 heteroatoms. The van der Waals surface area contributed by atoms with Gasteiger partial charge in [-0.3, -0.25) is 9.59 Å². The Labute approximate surface area is 152 Å². The number of hydrogen-bond acceptors (Lipinski definition) is 5. The molecule has 0 saturated carbocycles. The van der Waals surface area contributed by atoms with Crippen molar-refractivity contribution in [2.45, 2.75) is 32.9 Å². The number of carbonyl (C=O) groups is 3. The van der Waals surface area contributed by atoms with Crippen LogP contribution in [0.2, 0.25) is 0 Å². The Morgan fingerprint density at radius 1 is 1.15 bits per heavy atom. The van der Waals surface area contributed by atoms with Crippen LogP contribution in [0.4, 0.5) is 4.39 Å². The number of ether oxygens (including phenoxy) is 2. The maximum Gasteiger partial charge on any atom is 0.329 e. The quantitative estimate of drug-likeness (QED) is 0.506. The van der Waals surface area contributed by atoms with Crippen molar-refractivity contribution in [1.29, 1.82) is 0 Å². The summed E-state index contributed by atoms with van der Waals surface area (Å²) in [7, 11) is 1.50. The van der Waals surface area contributed by atoms with Crippen molar-refractivity contribution in [3.63, 3.8) is 0 Å². The van der Waals surface area contributed by atoms with E-state index in [1.165, 1.54) is 32.2 Å². The minimum absolute atomic E-state index is 0.170. The fourth-order valence-electron chi connectivity index (χ4n) is 2.08. The highest BCUT2D eigenvalue weighted by molar-refractivity contribution is 5.97. The molecule has 26 heavy (non-hydrogen) atoms. The summed E-state index contributed by atoms with van der Waals surface area (Å²) in [5.41, 5.74) is -0.170. The van der Waals surface area contributed by atoms with Crippen LogP contribution in [-0.2, 0) is 19.1 Å². The first-order chi connectivity index (χ1) is 12.3. The van der Waals surface area contributed by atoms with E-state index in [-0.39, 0.29) is 18.0 Å². The Hall–Kier alpha value is -2.48. The van der Waals surface area contributed by atoms with Gasteiger partial charge in [-0.05, 0) is 25.0 Å². The lowest BCUT2D eigenvalue weighted by Crippen LogP contribution is -2.48. The third-order valence-electron chi connectivity index (χ3n) is 3.59. The number of methoxy groups -OCH3 is 1. The lowest BCUT2D eigenvalue weighted by Gasteiger charge is -2.23. The fourth-order valence-corrected chi connectivity index (χ4v) is 2.08. The van der Waals surface area contributed by atoms with Crippen molar-refractivity contribution in [1.82, 2.24) is 10.6 Å². The molecule has 1 rings (SSSR count). The molecule has 2 amide bonds. The van der Waals surface area contributed by atoms with E-state index >= 15 is 0 Å². The molecule has 0 spiro atoms. The maximum atomic E-state index is 13.7. The van der Waals surface area contributed by atoms with E-state index in [1.54, 1.807) is 13.8 Å². The van der Waals surface area contributed by atoms with Gasteiger partial charge in [0.05, 0.1) is 12.2 Å². The zero-order chi connectivity index (χ0) is 19.7. The smallest absolute Gasteiger partial charge is 0.329 e. The van der Waals surface area contributed by atoms with E-state index in [4.69, 9.17) is 9.47 Å². The van der Waals surface area contributed by atoms with Gasteiger partial charge in [0.2, 0.25) is 0 Å². The van der Waals surface area contributed by atoms with Crippen LogP contribution in [0, 0.1) is 11.7 Å². The third kappa shape index (κ3) is 6.44. The zero-order valence-electron chi connectivity index (χ0n) is 15.4. The molecule has 0 bridgehead atoms. The van der Waals surface area contributed by atoms with Crippen LogP contribution in [0.5, 0.6) is 0 Å². The average Bonchev–Trinajstić information content (AvgIpc) is 2.59. The molecule has 144 valence electrons. The van der Waals surface area contributed by atoms with Gasteiger partial charge in [0.1, 0.15) is 11.9 Å². The van der Waals surface area contributed by atoms with Crippen molar-refractivity contribution in [2.24, 2.45) is 5.92 Å². The number of halogens is 1. The summed E-state index contributed by atoms with van der Waals surface area (Å²) < 4.78 is 23.7. The minimum Gasteiger partial charge on any atom is -0.451 e. The molecule has 0 aliphatic rings. The standard InChI is InChI=1S/C18H25FN2O5/c1-11(2)15(21-17(23)13-7-5-6-8-14(13)19)18(24)26-12(3)16(22)20-9-10-25-4/h5-8,11-12,15H,9-10H2,1-4H3,(H,20,22)(H,21,23)/t12-,15+/m1/s1. The predicted molar refractivity (Wildman–Crippen MR) is 92.9 cm³/mol. The first kappa shape index (κ1) is 21.6. The summed E-state index contributed by atoms with van der Waals surface area (Å²) in [6.45, 7) is 5.46. The topological polar surface area (TPSA) is 93.7 Å². The summed E-state index contributed by atoms with van der Waals surface area (Å²) in [6, 6.07) is 4.44. The number of hydrogen-bond donors (Lipinski definition) is 2. The molecule has 0 radical (unpaired) electrons. The molecule has 7 nitrogen and oxygen atoms in total. The Morgan fingerprint density at radius 3 is 2.38 bits per heavy atom. The maximum absolute atomic E-state index is 13.7. The first-order valence-electron chi connectivity index (χ1n) is 8.30. The van der Waals surface area contributed by atoms with Crippen molar-refractivity contribution in [3.8, 4) is 0 Å². The van der Waals surface area contributed by atoms with Crippen LogP contribution < -0.4 is 10.6 Å². The number of rotatable bonds is 9. The molecule has 2 N–H and O–H groups in total. The highest BCUT2D eigenvalue weighted by Gasteiger charge is 2.29. The van der Waals surface area contributed by atoms with Gasteiger partial charge in [0.15, 0.2) is 6.10 Å². The van der Waals surface area contributed by atoms with E-state index in [0.717, 1.165) is 6.07 Å². The van der Waals surface area contributed by atoms with Gasteiger partial charge in [-0.15, -0.1) is 0 Å². The lowest BCUT2D eigenvalue weighted by atomic mass is 10.0. The van der Waals surface area contributed by atoms with Crippen LogP contribution in [0.3, 0.4) is 0 Å². The molecule has 0 heterocycles. The van der Waals surface area contributed by atoms with Crippen LogP contribution in [0.1, 0.15) is 31.1 Å². The molecule has 0 saturated heterocycles. The lowest BCUT2D eigenvalue weighted by molar-refractivity contribution is -0.157. The second-order valence-electron chi connectivity index (χ2n) is 6.04. The molecule has 2 atom stereocenters. The number of amides is 2. The molecule has 0 unspecified atom stereocenters. The number of carbonyl (C=O) groups excluding carboxylic acids is 3. The van der Waals surface area contributed by atoms with Crippen LogP contribution >= 0.6 is 0 Å². The largest absolute Gasteiger partial charge is 0.451 e. The van der Waals surface area contributed by atoms with Crippen LogP contribution in [0.15, 0.2) is 24.3 Å². The van der Waals surface area contributed by atoms with E-state index in [2.05, 4.69) is 10.6 Å². The fraction of sp³-hybridized carbons (Fsp3) is 0.500. The van der Waals surface area contributed by atoms with E-state index in [0.29, 0.717) is 6.61 Å². The summed E-state index contributed by atoms with van der Waals surface area (Å²) in [4.78, 5) is 36.4. The zero-order valence-corrected chi connectivity index (χ0v) is 15.4. The monoisotopic (exact) mass is 368 g/mol. The van der Waals surface area contributed by atoms with Gasteiger partial charge in [0, 0.05) is 13.7 Å². The average molecular weight is 368 g/mol. The third-order valence-corrected chi connectivity index (χ3v) is 3.59. The number of nitrogens with one attached hydrogen (secondary N) is 2. The van der Waals surface area contributed by atoms with Crippen LogP contribution in [-0.4, -0.2) is 50.2 Å². The molecule has 1 aromatic carbocycles. The van der Waals surface area contributed by atoms with Crippen molar-refractivity contribution in [2.75, 3.05) is 20.3 Å². The minimum atomic E-state index is -1.04. The first-order valence-corrected chi connectivity index (χ1v) is 8.30. The Kier molecular flexibility index (Phi) is 8.71. The van der Waals surface area contributed by atoms with Crippen molar-refractivity contribution in [3.05, 3.63) is 35.6 Å². The summed E-state index contributed by atoms with van der Waals surface area (Å²) in [6.07, 6.45) is -1.04. The SMILES string of the molecule is COCCNC(=O)[C@@H](C)OC(=O)[C@@H](NC(=O)c1ccccc1F)C(C)C. The van der Waals surface area contributed by atoms with Gasteiger partial charge in [-0.25, -0.2) is 9.18 Å². The number of esters is 1. The van der Waals surface area contributed by atoms with Gasteiger partial charge in [-0.2, -0.15) is 0 Å². The second-order valence-corrected chi connectivity index (χ2v) is 6.04. The summed E-state index contributed by atoms with van der Waals surface area (Å²) in [5.74, 6) is -2.97. The molecular weight excluding hydrogens is 343 g/mol. The molecular formula is C18H25FN2O5. The van der Waals surface area contributed by atoms with E-state index < -0.39 is 35.7 Å². The molecule has 0 aliphatic carbocycles. The van der Waals surface area contributed by atoms with Gasteiger partial charge in [-0.1, -0.05) is 26.0 Å². The van der Waals surface area contributed by atoms with Crippen molar-refractivity contribution < 1.29 is 28.2 Å². The molecule has 1 aromatic rings. The molecule has 0 fully saturated rings.